The second-order valence-electron chi connectivity index (χ2n) is 5.03. The molecule has 1 saturated carbocycles. The average Bonchev–Trinajstić information content (AvgIpc) is 2.14. The fraction of sp³-hybridized carbons (Fsp3) is 1.00. The minimum atomic E-state index is -0.829. The van der Waals surface area contributed by atoms with E-state index in [4.69, 9.17) is 9.78 Å². The molecule has 0 spiro atoms. The Labute approximate surface area is 105 Å². The molecule has 0 aromatic rings. The molecule has 1 fully saturated rings. The molecule has 2 nitrogen and oxygen atoms in total. The topological polar surface area (TPSA) is 18.5 Å². The fourth-order valence-electron chi connectivity index (χ4n) is 1.68. The van der Waals surface area contributed by atoms with Gasteiger partial charge in [-0.2, -0.15) is 0 Å². The van der Waals surface area contributed by atoms with Gasteiger partial charge >= 0.3 is 105 Å². The van der Waals surface area contributed by atoms with Crippen LogP contribution in [0.2, 0.25) is 3.43 Å². The molecule has 0 saturated heterocycles. The summed E-state index contributed by atoms with van der Waals surface area (Å²) in [5.74, 6) is 0. The summed E-state index contributed by atoms with van der Waals surface area (Å²) in [5.41, 5.74) is -0.175. The van der Waals surface area contributed by atoms with Gasteiger partial charge in [-0.1, -0.05) is 0 Å². The van der Waals surface area contributed by atoms with Gasteiger partial charge in [0.1, 0.15) is 0 Å². The summed E-state index contributed by atoms with van der Waals surface area (Å²) in [7, 11) is 0. The molecule has 0 amide bonds. The van der Waals surface area contributed by atoms with Gasteiger partial charge in [0.05, 0.1) is 0 Å². The molecule has 80 valence electrons. The molecule has 0 unspecified atom stereocenters. The van der Waals surface area contributed by atoms with E-state index in [2.05, 4.69) is 11.9 Å². The van der Waals surface area contributed by atoms with E-state index in [0.29, 0.717) is 6.10 Å². The molecule has 2 atom stereocenters. The molecule has 1 aliphatic carbocycles. The first-order valence-electron chi connectivity index (χ1n) is 5.43. The van der Waals surface area contributed by atoms with Crippen molar-refractivity contribution < 1.29 is 31.9 Å². The Morgan fingerprint density at radius 3 is 2.43 bits per heavy atom. The van der Waals surface area contributed by atoms with E-state index >= 15 is 0 Å². The third-order valence-corrected chi connectivity index (χ3v) is 14.9. The Bertz CT molecular complexity index is 170. The van der Waals surface area contributed by atoms with E-state index < -0.39 is 22.1 Å². The summed E-state index contributed by atoms with van der Waals surface area (Å²) in [5, 5.41) is 0. The van der Waals surface area contributed by atoms with E-state index in [9.17, 15) is 0 Å². The summed E-state index contributed by atoms with van der Waals surface area (Å²) in [4.78, 5) is 11.0. The molecule has 4 heteroatoms. The van der Waals surface area contributed by atoms with Crippen molar-refractivity contribution in [1.82, 2.24) is 0 Å². The first-order chi connectivity index (χ1) is 6.53. The predicted octanol–water partition coefficient (Wildman–Crippen LogP) is 3.86. The first-order valence-corrected chi connectivity index (χ1v) is 20.5. The maximum atomic E-state index is 5.58. The van der Waals surface area contributed by atoms with Gasteiger partial charge in [-0.15, -0.1) is 0 Å². The molecular weight excluding hydrogens is 433 g/mol. The van der Waals surface area contributed by atoms with Crippen LogP contribution in [0.5, 0.6) is 0 Å². The second kappa shape index (κ2) is 6.16. The van der Waals surface area contributed by atoms with Crippen molar-refractivity contribution in [1.29, 1.82) is 0 Å². The second-order valence-corrected chi connectivity index (χ2v) is 16.0. The zero-order valence-corrected chi connectivity index (χ0v) is 16.5. The van der Waals surface area contributed by atoms with Crippen molar-refractivity contribution in [3.8, 4) is 0 Å². The van der Waals surface area contributed by atoms with Crippen LogP contribution < -0.4 is 0 Å². The van der Waals surface area contributed by atoms with Crippen LogP contribution in [0, 0.1) is 0 Å². The van der Waals surface area contributed by atoms with E-state index in [0.717, 1.165) is 3.43 Å². The van der Waals surface area contributed by atoms with Gasteiger partial charge in [0.25, 0.3) is 0 Å². The summed E-state index contributed by atoms with van der Waals surface area (Å²) < 4.78 is 0.839. The summed E-state index contributed by atoms with van der Waals surface area (Å²) in [6, 6.07) is 0. The quantitative estimate of drug-likeness (QED) is 0.369. The van der Waals surface area contributed by atoms with Gasteiger partial charge in [-0.25, -0.2) is 0 Å². The van der Waals surface area contributed by atoms with E-state index in [-0.39, 0.29) is 5.60 Å². The number of hydrogen-bond donors (Lipinski definition) is 0. The monoisotopic (exact) mass is 452 g/mol. The third kappa shape index (κ3) is 4.91. The molecule has 0 aromatic carbocycles. The molecule has 0 aromatic heterocycles. The van der Waals surface area contributed by atoms with Crippen LogP contribution in [0.25, 0.3) is 0 Å². The molecule has 0 bridgehead atoms. The van der Waals surface area contributed by atoms with Gasteiger partial charge in [0.15, 0.2) is 0 Å². The molecule has 1 aliphatic rings. The van der Waals surface area contributed by atoms with E-state index in [1.54, 1.807) is 0 Å². The number of hydrogen-bond acceptors (Lipinski definition) is 2. The standard InChI is InChI=1S/C10H19O2.BrH.Hg/c1-10(2,3)12-11-9-7-5-4-6-8-9;;/h7,9H,4-6,8H2,1-3H3;1H;/q;;+1/p-1/t9-;;/m0../s1. The van der Waals surface area contributed by atoms with Crippen molar-refractivity contribution in [2.24, 2.45) is 0 Å². The Kier molecular flexibility index (Phi) is 5.90. The van der Waals surface area contributed by atoms with Crippen LogP contribution in [0.15, 0.2) is 0 Å². The molecule has 14 heavy (non-hydrogen) atoms. The molecule has 0 N–H and O–H groups in total. The Hall–Kier alpha value is 1.34. The van der Waals surface area contributed by atoms with Crippen LogP contribution in [0.1, 0.15) is 46.5 Å². The van der Waals surface area contributed by atoms with Crippen LogP contribution >= 0.6 is 11.9 Å². The normalized spacial score (nSPS) is 28.6. The number of halogens is 1. The Morgan fingerprint density at radius 1 is 1.21 bits per heavy atom. The predicted molar refractivity (Wildman–Crippen MR) is 56.9 cm³/mol. The van der Waals surface area contributed by atoms with Gasteiger partial charge in [-0.3, -0.25) is 0 Å². The molecular formula is C10H19BrHgO2. The fourth-order valence-corrected chi connectivity index (χ4v) is 11.9. The van der Waals surface area contributed by atoms with Crippen LogP contribution in [0.3, 0.4) is 0 Å². The van der Waals surface area contributed by atoms with Crippen molar-refractivity contribution >= 4 is 11.9 Å². The zero-order chi connectivity index (χ0) is 10.6. The minimum absolute atomic E-state index is 0.175. The van der Waals surface area contributed by atoms with E-state index in [1.807, 2.05) is 20.8 Å². The molecule has 0 radical (unpaired) electrons. The Balaban J connectivity index is 2.33. The van der Waals surface area contributed by atoms with Crippen molar-refractivity contribution in [2.75, 3.05) is 0 Å². The van der Waals surface area contributed by atoms with Gasteiger partial charge in [0, 0.05) is 0 Å². The van der Waals surface area contributed by atoms with Crippen molar-refractivity contribution in [3.63, 3.8) is 0 Å². The summed E-state index contributed by atoms with van der Waals surface area (Å²) in [6.07, 6.45) is 5.60. The Morgan fingerprint density at radius 2 is 1.86 bits per heavy atom. The third-order valence-electron chi connectivity index (χ3n) is 2.46. The number of rotatable bonds is 3. The van der Waals surface area contributed by atoms with Gasteiger partial charge in [-0.05, 0) is 0 Å². The molecule has 1 rings (SSSR count). The SMILES string of the molecule is CC(C)(C)OO[C@@H]1CCCC[C@H]1[Hg][Br]. The van der Waals surface area contributed by atoms with Crippen molar-refractivity contribution in [3.05, 3.63) is 0 Å². The van der Waals surface area contributed by atoms with Crippen molar-refractivity contribution in [2.45, 2.75) is 61.6 Å². The van der Waals surface area contributed by atoms with Gasteiger partial charge in [0.2, 0.25) is 0 Å². The average molecular weight is 452 g/mol. The first kappa shape index (κ1) is 13.4. The maximum absolute atomic E-state index is 5.58. The molecule has 0 heterocycles. The van der Waals surface area contributed by atoms with Crippen LogP contribution in [0.4, 0.5) is 0 Å². The van der Waals surface area contributed by atoms with Crippen LogP contribution in [-0.4, -0.2) is 11.7 Å². The molecule has 0 aliphatic heterocycles. The summed E-state index contributed by atoms with van der Waals surface area (Å²) in [6.45, 7) is 6.09. The van der Waals surface area contributed by atoms with Crippen LogP contribution in [-0.2, 0) is 31.9 Å². The zero-order valence-electron chi connectivity index (χ0n) is 9.38. The van der Waals surface area contributed by atoms with E-state index in [1.165, 1.54) is 25.7 Å². The van der Waals surface area contributed by atoms with Gasteiger partial charge < -0.3 is 0 Å². The summed E-state index contributed by atoms with van der Waals surface area (Å²) >= 11 is 2.93.